The van der Waals surface area contributed by atoms with Gasteiger partial charge in [0.05, 0.1) is 0 Å². The van der Waals surface area contributed by atoms with E-state index in [0.717, 1.165) is 42.4 Å². The molecule has 1 amide bonds. The molecule has 7 heteroatoms. The molecule has 1 aromatic rings. The Morgan fingerprint density at radius 2 is 2.05 bits per heavy atom. The number of hydrogen-bond donors (Lipinski definition) is 1. The highest BCUT2D eigenvalue weighted by molar-refractivity contribution is 5.76. The fraction of sp³-hybridized carbons (Fsp3) is 0.600. The minimum atomic E-state index is -4.71. The summed E-state index contributed by atoms with van der Waals surface area (Å²) in [5.41, 5.74) is -2.45. The third kappa shape index (κ3) is 3.90. The maximum Gasteiger partial charge on any atom is 0.421 e. The van der Waals surface area contributed by atoms with Crippen LogP contribution in [-0.4, -0.2) is 16.5 Å². The number of aromatic nitrogens is 1. The monoisotopic (exact) mass is 316 g/mol. The third-order valence-corrected chi connectivity index (χ3v) is 4.10. The van der Waals surface area contributed by atoms with Gasteiger partial charge < -0.3 is 9.88 Å². The number of halogens is 3. The standard InChI is InChI=1S/C15H19F3N2O2/c1-10-5-2-3-7-12(10)19-13(21)9-20-8-4-6-11(14(20)22)15(16,17)18/h4,6,8,10,12H,2-3,5,7,9H2,1H3,(H,19,21)/t10-,12-/m0/s1. The van der Waals surface area contributed by atoms with Gasteiger partial charge in [-0.1, -0.05) is 19.8 Å². The molecular weight excluding hydrogens is 297 g/mol. The molecule has 4 nitrogen and oxygen atoms in total. The lowest BCUT2D eigenvalue weighted by Crippen LogP contribution is -2.43. The molecule has 122 valence electrons. The molecule has 22 heavy (non-hydrogen) atoms. The average molecular weight is 316 g/mol. The van der Waals surface area contributed by atoms with Gasteiger partial charge in [-0.15, -0.1) is 0 Å². The number of carbonyl (C=O) groups excluding carboxylic acids is 1. The number of carbonyl (C=O) groups is 1. The molecule has 2 atom stereocenters. The van der Waals surface area contributed by atoms with Crippen LogP contribution in [0.3, 0.4) is 0 Å². The first-order valence-corrected chi connectivity index (χ1v) is 7.35. The van der Waals surface area contributed by atoms with Gasteiger partial charge in [-0.25, -0.2) is 0 Å². The molecule has 1 fully saturated rings. The topological polar surface area (TPSA) is 51.1 Å². The van der Waals surface area contributed by atoms with Gasteiger partial charge in [0.2, 0.25) is 5.91 Å². The Morgan fingerprint density at radius 3 is 2.68 bits per heavy atom. The summed E-state index contributed by atoms with van der Waals surface area (Å²) in [6.45, 7) is 1.65. The van der Waals surface area contributed by atoms with Crippen molar-refractivity contribution in [2.75, 3.05) is 0 Å². The lowest BCUT2D eigenvalue weighted by atomic mass is 9.86. The number of hydrogen-bond acceptors (Lipinski definition) is 2. The molecule has 0 unspecified atom stereocenters. The number of pyridine rings is 1. The van der Waals surface area contributed by atoms with Crippen LogP contribution in [0.5, 0.6) is 0 Å². The molecule has 1 heterocycles. The minimum Gasteiger partial charge on any atom is -0.352 e. The first-order valence-electron chi connectivity index (χ1n) is 7.35. The molecule has 1 N–H and O–H groups in total. The van der Waals surface area contributed by atoms with Crippen molar-refractivity contribution >= 4 is 5.91 Å². The summed E-state index contributed by atoms with van der Waals surface area (Å²) in [5, 5.41) is 2.82. The largest absolute Gasteiger partial charge is 0.421 e. The maximum absolute atomic E-state index is 12.7. The zero-order valence-corrected chi connectivity index (χ0v) is 12.3. The van der Waals surface area contributed by atoms with E-state index in [1.54, 1.807) is 0 Å². The van der Waals surface area contributed by atoms with Crippen molar-refractivity contribution in [1.29, 1.82) is 0 Å². The summed E-state index contributed by atoms with van der Waals surface area (Å²) in [6.07, 6.45) is 0.522. The van der Waals surface area contributed by atoms with E-state index in [9.17, 15) is 22.8 Å². The van der Waals surface area contributed by atoms with Crippen LogP contribution in [0.15, 0.2) is 23.1 Å². The van der Waals surface area contributed by atoms with Crippen LogP contribution in [0.1, 0.15) is 38.2 Å². The fourth-order valence-corrected chi connectivity index (χ4v) is 2.81. The van der Waals surface area contributed by atoms with Crippen molar-refractivity contribution in [1.82, 2.24) is 9.88 Å². The van der Waals surface area contributed by atoms with Crippen LogP contribution in [0, 0.1) is 5.92 Å². The van der Waals surface area contributed by atoms with Crippen molar-refractivity contribution in [3.05, 3.63) is 34.2 Å². The van der Waals surface area contributed by atoms with Crippen LogP contribution >= 0.6 is 0 Å². The molecule has 1 saturated carbocycles. The maximum atomic E-state index is 12.7. The Labute approximate surface area is 126 Å². The Morgan fingerprint density at radius 1 is 1.36 bits per heavy atom. The van der Waals surface area contributed by atoms with Crippen molar-refractivity contribution in [3.8, 4) is 0 Å². The predicted octanol–water partition coefficient (Wildman–Crippen LogP) is 2.56. The molecule has 0 bridgehead atoms. The first kappa shape index (κ1) is 16.6. The number of amides is 1. The summed E-state index contributed by atoms with van der Waals surface area (Å²) in [5.74, 6) is -0.0869. The minimum absolute atomic E-state index is 0.0303. The second kappa shape index (κ2) is 6.54. The Bertz CT molecular complexity index is 595. The first-order chi connectivity index (χ1) is 10.3. The van der Waals surface area contributed by atoms with E-state index in [2.05, 4.69) is 5.32 Å². The van der Waals surface area contributed by atoms with E-state index in [-0.39, 0.29) is 6.04 Å². The molecule has 0 saturated heterocycles. The quantitative estimate of drug-likeness (QED) is 0.932. The van der Waals surface area contributed by atoms with Gasteiger partial charge in [0.1, 0.15) is 12.1 Å². The summed E-state index contributed by atoms with van der Waals surface area (Å²) < 4.78 is 38.8. The third-order valence-electron chi connectivity index (χ3n) is 4.10. The van der Waals surface area contributed by atoms with Crippen LogP contribution in [0.25, 0.3) is 0 Å². The predicted molar refractivity (Wildman–Crippen MR) is 75.3 cm³/mol. The van der Waals surface area contributed by atoms with Gasteiger partial charge in [-0.3, -0.25) is 9.59 Å². The van der Waals surface area contributed by atoms with E-state index in [1.165, 1.54) is 6.20 Å². The molecule has 0 radical (unpaired) electrons. The van der Waals surface area contributed by atoms with Crippen LogP contribution in [0.4, 0.5) is 13.2 Å². The summed E-state index contributed by atoms with van der Waals surface area (Å²) in [6, 6.07) is 1.88. The molecule has 1 aliphatic rings. The normalized spacial score (nSPS) is 22.4. The lowest BCUT2D eigenvalue weighted by molar-refractivity contribution is -0.139. The summed E-state index contributed by atoms with van der Waals surface area (Å²) in [4.78, 5) is 23.8. The van der Waals surface area contributed by atoms with Gasteiger partial charge >= 0.3 is 6.18 Å². The molecule has 0 spiro atoms. The zero-order valence-electron chi connectivity index (χ0n) is 12.3. The number of nitrogens with one attached hydrogen (secondary N) is 1. The van der Waals surface area contributed by atoms with E-state index in [1.807, 2.05) is 6.92 Å². The van der Waals surface area contributed by atoms with Gasteiger partial charge in [-0.2, -0.15) is 13.2 Å². The molecular formula is C15H19F3N2O2. The van der Waals surface area contributed by atoms with Crippen LogP contribution < -0.4 is 10.9 Å². The van der Waals surface area contributed by atoms with Gasteiger partial charge in [0.25, 0.3) is 5.56 Å². The van der Waals surface area contributed by atoms with E-state index < -0.39 is 29.8 Å². The average Bonchev–Trinajstić information content (AvgIpc) is 2.42. The Hall–Kier alpha value is -1.79. The fourth-order valence-electron chi connectivity index (χ4n) is 2.81. The molecule has 1 aliphatic carbocycles. The Kier molecular flexibility index (Phi) is 4.93. The highest BCUT2D eigenvalue weighted by atomic mass is 19.4. The second-order valence-corrected chi connectivity index (χ2v) is 5.79. The van der Waals surface area contributed by atoms with E-state index in [0.29, 0.717) is 5.92 Å². The smallest absolute Gasteiger partial charge is 0.352 e. The molecule has 1 aromatic heterocycles. The number of nitrogens with zero attached hydrogens (tertiary/aromatic N) is 1. The molecule has 2 rings (SSSR count). The van der Waals surface area contributed by atoms with Crippen molar-refractivity contribution in [3.63, 3.8) is 0 Å². The zero-order chi connectivity index (χ0) is 16.3. The number of rotatable bonds is 3. The SMILES string of the molecule is C[C@H]1CCCC[C@@H]1NC(=O)Cn1cccc(C(F)(F)F)c1=O. The summed E-state index contributed by atoms with van der Waals surface area (Å²) >= 11 is 0. The van der Waals surface area contributed by atoms with Crippen molar-refractivity contribution < 1.29 is 18.0 Å². The Balaban J connectivity index is 2.07. The van der Waals surface area contributed by atoms with Crippen LogP contribution in [-0.2, 0) is 17.5 Å². The van der Waals surface area contributed by atoms with Crippen LogP contribution in [0.2, 0.25) is 0 Å². The number of alkyl halides is 3. The molecule has 0 aromatic carbocycles. The van der Waals surface area contributed by atoms with E-state index >= 15 is 0 Å². The van der Waals surface area contributed by atoms with Gasteiger partial charge in [0.15, 0.2) is 0 Å². The second-order valence-electron chi connectivity index (χ2n) is 5.79. The highest BCUT2D eigenvalue weighted by Crippen LogP contribution is 2.26. The van der Waals surface area contributed by atoms with E-state index in [4.69, 9.17) is 0 Å². The molecule has 0 aliphatic heterocycles. The lowest BCUT2D eigenvalue weighted by Gasteiger charge is -2.29. The summed E-state index contributed by atoms with van der Waals surface area (Å²) in [7, 11) is 0. The van der Waals surface area contributed by atoms with Crippen molar-refractivity contribution in [2.45, 2.75) is 51.4 Å². The van der Waals surface area contributed by atoms with Gasteiger partial charge in [0, 0.05) is 12.2 Å². The van der Waals surface area contributed by atoms with Gasteiger partial charge in [-0.05, 0) is 30.9 Å². The van der Waals surface area contributed by atoms with Crippen molar-refractivity contribution in [2.24, 2.45) is 5.92 Å². The highest BCUT2D eigenvalue weighted by Gasteiger charge is 2.34.